The number of aromatic amines is 1. The Bertz CT molecular complexity index is 483. The van der Waals surface area contributed by atoms with Crippen LogP contribution in [-0.2, 0) is 5.41 Å². The number of aryl methyl sites for hydroxylation is 1. The van der Waals surface area contributed by atoms with Crippen LogP contribution in [0, 0.1) is 6.92 Å². The van der Waals surface area contributed by atoms with Crippen molar-refractivity contribution in [1.82, 2.24) is 10.2 Å². The molecule has 2 rings (SSSR count). The van der Waals surface area contributed by atoms with Crippen molar-refractivity contribution >= 4 is 10.9 Å². The number of nitrogens with two attached hydrogens (primary N) is 1. The van der Waals surface area contributed by atoms with E-state index in [0.29, 0.717) is 6.54 Å². The molecule has 0 saturated heterocycles. The number of nitrogens with one attached hydrogen (secondary N) is 1. The van der Waals surface area contributed by atoms with Crippen LogP contribution in [-0.4, -0.2) is 16.7 Å². The van der Waals surface area contributed by atoms with E-state index in [1.54, 1.807) is 0 Å². The lowest BCUT2D eigenvalue weighted by molar-refractivity contribution is 0.539. The first-order valence-electron chi connectivity index (χ1n) is 5.20. The van der Waals surface area contributed by atoms with E-state index in [2.05, 4.69) is 42.2 Å². The quantitative estimate of drug-likeness (QED) is 0.785. The van der Waals surface area contributed by atoms with Gasteiger partial charge in [-0.15, -0.1) is 0 Å². The second-order valence-electron chi connectivity index (χ2n) is 4.67. The van der Waals surface area contributed by atoms with Gasteiger partial charge in [0.05, 0.1) is 5.52 Å². The molecule has 2 aromatic rings. The first-order chi connectivity index (χ1) is 7.04. The topological polar surface area (TPSA) is 54.7 Å². The van der Waals surface area contributed by atoms with Crippen LogP contribution in [0.4, 0.5) is 0 Å². The van der Waals surface area contributed by atoms with E-state index in [-0.39, 0.29) is 5.41 Å². The van der Waals surface area contributed by atoms with Crippen molar-refractivity contribution in [2.75, 3.05) is 6.54 Å². The molecule has 3 heteroatoms. The first-order valence-corrected chi connectivity index (χ1v) is 5.20. The van der Waals surface area contributed by atoms with E-state index in [1.807, 2.05) is 6.92 Å². The molecule has 0 saturated carbocycles. The summed E-state index contributed by atoms with van der Waals surface area (Å²) in [5.41, 5.74) is 9.15. The van der Waals surface area contributed by atoms with E-state index < -0.39 is 0 Å². The van der Waals surface area contributed by atoms with Crippen molar-refractivity contribution in [2.45, 2.75) is 26.2 Å². The lowest BCUT2D eigenvalue weighted by Crippen LogP contribution is -2.27. The van der Waals surface area contributed by atoms with Crippen molar-refractivity contribution in [3.63, 3.8) is 0 Å². The standard InChI is InChI=1S/C12H17N3/c1-8-10-5-4-9(12(2,3)7-13)6-11(10)15-14-8/h4-6H,7,13H2,1-3H3,(H,14,15). The van der Waals surface area contributed by atoms with Crippen LogP contribution >= 0.6 is 0 Å². The second kappa shape index (κ2) is 3.35. The van der Waals surface area contributed by atoms with Gasteiger partial charge in [0.1, 0.15) is 0 Å². The smallest absolute Gasteiger partial charge is 0.0926 e. The minimum absolute atomic E-state index is 0.0149. The summed E-state index contributed by atoms with van der Waals surface area (Å²) in [4.78, 5) is 0. The molecular weight excluding hydrogens is 186 g/mol. The minimum Gasteiger partial charge on any atom is -0.330 e. The first kappa shape index (κ1) is 10.2. The molecule has 0 unspecified atom stereocenters. The number of fused-ring (bicyclic) bond motifs is 1. The van der Waals surface area contributed by atoms with Crippen molar-refractivity contribution < 1.29 is 0 Å². The van der Waals surface area contributed by atoms with Crippen molar-refractivity contribution in [3.05, 3.63) is 29.5 Å². The summed E-state index contributed by atoms with van der Waals surface area (Å²) in [5, 5.41) is 8.44. The van der Waals surface area contributed by atoms with Gasteiger partial charge >= 0.3 is 0 Å². The number of aromatic nitrogens is 2. The summed E-state index contributed by atoms with van der Waals surface area (Å²) in [7, 11) is 0. The number of rotatable bonds is 2. The molecule has 0 radical (unpaired) electrons. The maximum Gasteiger partial charge on any atom is 0.0926 e. The molecule has 0 aliphatic carbocycles. The van der Waals surface area contributed by atoms with Gasteiger partial charge in [0.25, 0.3) is 0 Å². The van der Waals surface area contributed by atoms with Crippen LogP contribution < -0.4 is 5.73 Å². The summed E-state index contributed by atoms with van der Waals surface area (Å²) >= 11 is 0. The second-order valence-corrected chi connectivity index (χ2v) is 4.67. The number of H-pyrrole nitrogens is 1. The van der Waals surface area contributed by atoms with Gasteiger partial charge in [-0.2, -0.15) is 5.10 Å². The number of hydrogen-bond donors (Lipinski definition) is 2. The van der Waals surface area contributed by atoms with Gasteiger partial charge in [-0.25, -0.2) is 0 Å². The fourth-order valence-electron chi connectivity index (χ4n) is 1.68. The summed E-state index contributed by atoms with van der Waals surface area (Å²) < 4.78 is 0. The molecule has 0 spiro atoms. The largest absolute Gasteiger partial charge is 0.330 e. The Balaban J connectivity index is 2.57. The van der Waals surface area contributed by atoms with Crippen molar-refractivity contribution in [1.29, 1.82) is 0 Å². The van der Waals surface area contributed by atoms with E-state index in [0.717, 1.165) is 11.2 Å². The Labute approximate surface area is 89.7 Å². The zero-order valence-corrected chi connectivity index (χ0v) is 9.46. The summed E-state index contributed by atoms with van der Waals surface area (Å²) in [6.45, 7) is 6.96. The third-order valence-corrected chi connectivity index (χ3v) is 3.04. The Morgan fingerprint density at radius 2 is 2.13 bits per heavy atom. The van der Waals surface area contributed by atoms with E-state index in [9.17, 15) is 0 Å². The minimum atomic E-state index is 0.0149. The zero-order valence-electron chi connectivity index (χ0n) is 9.46. The predicted octanol–water partition coefficient (Wildman–Crippen LogP) is 2.11. The molecule has 1 aromatic carbocycles. The van der Waals surface area contributed by atoms with Gasteiger partial charge in [0.15, 0.2) is 0 Å². The summed E-state index contributed by atoms with van der Waals surface area (Å²) in [5.74, 6) is 0. The van der Waals surface area contributed by atoms with Gasteiger partial charge < -0.3 is 5.73 Å². The Kier molecular flexibility index (Phi) is 2.27. The fourth-order valence-corrected chi connectivity index (χ4v) is 1.68. The SMILES string of the molecule is Cc1[nH]nc2cc(C(C)(C)CN)ccc12. The third kappa shape index (κ3) is 1.63. The lowest BCUT2D eigenvalue weighted by atomic mass is 9.84. The van der Waals surface area contributed by atoms with Crippen molar-refractivity contribution in [2.24, 2.45) is 5.73 Å². The van der Waals surface area contributed by atoms with Gasteiger partial charge in [-0.1, -0.05) is 26.0 Å². The van der Waals surface area contributed by atoms with Crippen LogP contribution in [0.5, 0.6) is 0 Å². The van der Waals surface area contributed by atoms with Crippen LogP contribution in [0.1, 0.15) is 25.1 Å². The molecule has 1 heterocycles. The zero-order chi connectivity index (χ0) is 11.1. The van der Waals surface area contributed by atoms with E-state index in [1.165, 1.54) is 10.9 Å². The molecule has 1 aromatic heterocycles. The molecule has 15 heavy (non-hydrogen) atoms. The predicted molar refractivity (Wildman–Crippen MR) is 62.9 cm³/mol. The highest BCUT2D eigenvalue weighted by molar-refractivity contribution is 5.81. The molecular formula is C12H17N3. The Hall–Kier alpha value is -1.35. The van der Waals surface area contributed by atoms with E-state index >= 15 is 0 Å². The maximum atomic E-state index is 5.76. The fraction of sp³-hybridized carbons (Fsp3) is 0.417. The highest BCUT2D eigenvalue weighted by Crippen LogP contribution is 2.25. The summed E-state index contributed by atoms with van der Waals surface area (Å²) in [6.07, 6.45) is 0. The Morgan fingerprint density at radius 3 is 2.80 bits per heavy atom. The highest BCUT2D eigenvalue weighted by atomic mass is 15.1. The molecule has 0 atom stereocenters. The monoisotopic (exact) mass is 203 g/mol. The Morgan fingerprint density at radius 1 is 1.40 bits per heavy atom. The van der Waals surface area contributed by atoms with Crippen LogP contribution in [0.2, 0.25) is 0 Å². The van der Waals surface area contributed by atoms with Crippen molar-refractivity contribution in [3.8, 4) is 0 Å². The van der Waals surface area contributed by atoms with Crippen LogP contribution in [0.25, 0.3) is 10.9 Å². The molecule has 3 nitrogen and oxygen atoms in total. The van der Waals surface area contributed by atoms with Crippen LogP contribution in [0.15, 0.2) is 18.2 Å². The maximum absolute atomic E-state index is 5.76. The van der Waals surface area contributed by atoms with Crippen LogP contribution in [0.3, 0.4) is 0 Å². The molecule has 3 N–H and O–H groups in total. The molecule has 80 valence electrons. The van der Waals surface area contributed by atoms with Gasteiger partial charge in [0.2, 0.25) is 0 Å². The average Bonchev–Trinajstić information content (AvgIpc) is 2.60. The van der Waals surface area contributed by atoms with Gasteiger partial charge in [0, 0.05) is 23.0 Å². The average molecular weight is 203 g/mol. The third-order valence-electron chi connectivity index (χ3n) is 3.04. The van der Waals surface area contributed by atoms with Gasteiger partial charge in [-0.3, -0.25) is 5.10 Å². The normalized spacial score (nSPS) is 12.3. The molecule has 0 bridgehead atoms. The number of benzene rings is 1. The van der Waals surface area contributed by atoms with E-state index in [4.69, 9.17) is 5.73 Å². The molecule has 0 aliphatic heterocycles. The van der Waals surface area contributed by atoms with Gasteiger partial charge in [-0.05, 0) is 18.6 Å². The molecule has 0 amide bonds. The highest BCUT2D eigenvalue weighted by Gasteiger charge is 2.19. The summed E-state index contributed by atoms with van der Waals surface area (Å²) in [6, 6.07) is 6.37. The lowest BCUT2D eigenvalue weighted by Gasteiger charge is -2.22. The number of hydrogen-bond acceptors (Lipinski definition) is 2. The molecule has 0 fully saturated rings. The number of nitrogens with zero attached hydrogens (tertiary/aromatic N) is 1. The molecule has 0 aliphatic rings.